The highest BCUT2D eigenvalue weighted by atomic mass is 32.2. The van der Waals surface area contributed by atoms with Gasteiger partial charge >= 0.3 is 0 Å². The number of fused-ring (bicyclic) bond motifs is 1. The van der Waals surface area contributed by atoms with Crippen LogP contribution in [0.1, 0.15) is 32.4 Å². The molecule has 2 N–H and O–H groups in total. The van der Waals surface area contributed by atoms with E-state index < -0.39 is 0 Å². The standard InChI is InChI=1S/C25H33N3OS/c1-18(2)15-27(3)30-24-8-4-6-19(14-24)20-9-10-25-21(12-20)13-22(26-25)16-28-11-5-7-23(28)17-29/h4,6,8-10,12-14,18,23,26,29H,5,7,11,15-17H2,1-3H3. The Balaban J connectivity index is 1.51. The summed E-state index contributed by atoms with van der Waals surface area (Å²) in [5, 5.41) is 10.8. The third-order valence-electron chi connectivity index (χ3n) is 5.81. The van der Waals surface area contributed by atoms with E-state index in [2.05, 4.69) is 83.6 Å². The number of nitrogens with one attached hydrogen (secondary N) is 1. The summed E-state index contributed by atoms with van der Waals surface area (Å²) in [4.78, 5) is 7.23. The average molecular weight is 424 g/mol. The van der Waals surface area contributed by atoms with E-state index in [1.807, 2.05) is 11.9 Å². The molecule has 2 heterocycles. The van der Waals surface area contributed by atoms with E-state index in [1.165, 1.54) is 39.0 Å². The second-order valence-electron chi connectivity index (χ2n) is 8.87. The minimum Gasteiger partial charge on any atom is -0.395 e. The minimum atomic E-state index is 0.255. The van der Waals surface area contributed by atoms with Crippen molar-refractivity contribution in [1.82, 2.24) is 14.2 Å². The number of H-pyrrole nitrogens is 1. The Morgan fingerprint density at radius 1 is 1.17 bits per heavy atom. The molecule has 1 fully saturated rings. The van der Waals surface area contributed by atoms with Crippen LogP contribution in [0.2, 0.25) is 0 Å². The molecule has 0 saturated carbocycles. The fourth-order valence-electron chi connectivity index (χ4n) is 4.45. The lowest BCUT2D eigenvalue weighted by atomic mass is 10.0. The summed E-state index contributed by atoms with van der Waals surface area (Å²) in [6.07, 6.45) is 2.28. The van der Waals surface area contributed by atoms with E-state index in [9.17, 15) is 5.11 Å². The van der Waals surface area contributed by atoms with Crippen molar-refractivity contribution >= 4 is 22.9 Å². The first kappa shape index (κ1) is 21.4. The molecule has 3 aromatic rings. The van der Waals surface area contributed by atoms with Crippen LogP contribution in [0.5, 0.6) is 0 Å². The molecule has 4 rings (SSSR count). The van der Waals surface area contributed by atoms with Gasteiger partial charge in [0.15, 0.2) is 0 Å². The number of hydrogen-bond donors (Lipinski definition) is 2. The first-order valence-corrected chi connectivity index (χ1v) is 11.8. The number of aromatic amines is 1. The number of aliphatic hydroxyl groups is 1. The number of aromatic nitrogens is 1. The molecular formula is C25H33N3OS. The monoisotopic (exact) mass is 423 g/mol. The maximum absolute atomic E-state index is 9.58. The molecule has 0 spiro atoms. The van der Waals surface area contributed by atoms with Gasteiger partial charge in [-0.3, -0.25) is 4.90 Å². The summed E-state index contributed by atoms with van der Waals surface area (Å²) >= 11 is 1.81. The highest BCUT2D eigenvalue weighted by Crippen LogP contribution is 2.30. The van der Waals surface area contributed by atoms with Crippen LogP contribution in [0.4, 0.5) is 0 Å². The van der Waals surface area contributed by atoms with Crippen LogP contribution in [0.3, 0.4) is 0 Å². The number of nitrogens with zero attached hydrogens (tertiary/aromatic N) is 2. The Hall–Kier alpha value is -1.79. The van der Waals surface area contributed by atoms with Crippen LogP contribution in [0, 0.1) is 5.92 Å². The molecule has 30 heavy (non-hydrogen) atoms. The molecule has 160 valence electrons. The molecule has 0 radical (unpaired) electrons. The van der Waals surface area contributed by atoms with Crippen molar-refractivity contribution in [3.05, 3.63) is 54.2 Å². The van der Waals surface area contributed by atoms with Gasteiger partial charge in [-0.2, -0.15) is 0 Å². The predicted molar refractivity (Wildman–Crippen MR) is 128 cm³/mol. The van der Waals surface area contributed by atoms with Crippen LogP contribution >= 0.6 is 11.9 Å². The first-order chi connectivity index (χ1) is 14.5. The van der Waals surface area contributed by atoms with E-state index in [-0.39, 0.29) is 6.61 Å². The fraction of sp³-hybridized carbons (Fsp3) is 0.440. The molecule has 5 heteroatoms. The van der Waals surface area contributed by atoms with Gasteiger partial charge in [0, 0.05) is 40.6 Å². The number of rotatable bonds is 8. The molecule has 1 unspecified atom stereocenters. The molecule has 1 saturated heterocycles. The summed E-state index contributed by atoms with van der Waals surface area (Å²) in [6.45, 7) is 7.78. The summed E-state index contributed by atoms with van der Waals surface area (Å²) in [5.74, 6) is 0.657. The van der Waals surface area contributed by atoms with Crippen LogP contribution in [0.15, 0.2) is 53.4 Å². The summed E-state index contributed by atoms with van der Waals surface area (Å²) in [5.41, 5.74) is 4.90. The van der Waals surface area contributed by atoms with E-state index in [1.54, 1.807) is 0 Å². The molecule has 1 aliphatic rings. The van der Waals surface area contributed by atoms with Crippen molar-refractivity contribution in [2.45, 2.75) is 44.2 Å². The van der Waals surface area contributed by atoms with Gasteiger partial charge in [0.05, 0.1) is 6.61 Å². The molecule has 0 aliphatic carbocycles. The lowest BCUT2D eigenvalue weighted by molar-refractivity contribution is 0.152. The van der Waals surface area contributed by atoms with Gasteiger partial charge in [-0.1, -0.05) is 32.0 Å². The summed E-state index contributed by atoms with van der Waals surface area (Å²) in [6, 6.07) is 18.1. The van der Waals surface area contributed by atoms with Crippen LogP contribution in [-0.4, -0.2) is 52.1 Å². The Morgan fingerprint density at radius 3 is 2.80 bits per heavy atom. The smallest absolute Gasteiger partial charge is 0.0587 e. The number of benzene rings is 2. The topological polar surface area (TPSA) is 42.5 Å². The third-order valence-corrected chi connectivity index (χ3v) is 6.74. The zero-order valence-electron chi connectivity index (χ0n) is 18.3. The van der Waals surface area contributed by atoms with Crippen molar-refractivity contribution in [2.24, 2.45) is 5.92 Å². The zero-order chi connectivity index (χ0) is 21.1. The molecule has 0 amide bonds. The Labute approximate surface area is 184 Å². The Morgan fingerprint density at radius 2 is 2.00 bits per heavy atom. The molecule has 0 bridgehead atoms. The van der Waals surface area contributed by atoms with E-state index in [0.29, 0.717) is 12.0 Å². The largest absolute Gasteiger partial charge is 0.395 e. The number of likely N-dealkylation sites (tertiary alicyclic amines) is 1. The number of aliphatic hydroxyl groups excluding tert-OH is 1. The van der Waals surface area contributed by atoms with E-state index in [4.69, 9.17) is 0 Å². The van der Waals surface area contributed by atoms with Crippen LogP contribution in [-0.2, 0) is 6.54 Å². The highest BCUT2D eigenvalue weighted by molar-refractivity contribution is 7.97. The van der Waals surface area contributed by atoms with E-state index >= 15 is 0 Å². The van der Waals surface area contributed by atoms with Crippen molar-refractivity contribution in [3.63, 3.8) is 0 Å². The summed E-state index contributed by atoms with van der Waals surface area (Å²) < 4.78 is 2.31. The lowest BCUT2D eigenvalue weighted by Crippen LogP contribution is -2.31. The Bertz CT molecular complexity index is 983. The van der Waals surface area contributed by atoms with Crippen molar-refractivity contribution < 1.29 is 5.11 Å². The SMILES string of the molecule is CC(C)CN(C)Sc1cccc(-c2ccc3[nH]c(CN4CCCC4CO)cc3c2)c1. The van der Waals surface area contributed by atoms with Crippen LogP contribution < -0.4 is 0 Å². The van der Waals surface area contributed by atoms with Gasteiger partial charge in [0.1, 0.15) is 0 Å². The second kappa shape index (κ2) is 9.56. The lowest BCUT2D eigenvalue weighted by Gasteiger charge is -2.21. The van der Waals surface area contributed by atoms with Gasteiger partial charge in [-0.15, -0.1) is 0 Å². The van der Waals surface area contributed by atoms with Crippen molar-refractivity contribution in [3.8, 4) is 11.1 Å². The van der Waals surface area contributed by atoms with E-state index in [0.717, 1.165) is 26.1 Å². The maximum Gasteiger partial charge on any atom is 0.0587 e. The van der Waals surface area contributed by atoms with Gasteiger partial charge in [0.2, 0.25) is 0 Å². The van der Waals surface area contributed by atoms with Crippen molar-refractivity contribution in [1.29, 1.82) is 0 Å². The Kier molecular flexibility index (Phi) is 6.84. The van der Waals surface area contributed by atoms with Crippen molar-refractivity contribution in [2.75, 3.05) is 26.7 Å². The molecule has 1 aromatic heterocycles. The second-order valence-corrected chi connectivity index (χ2v) is 10.1. The molecular weight excluding hydrogens is 390 g/mol. The molecule has 1 aliphatic heterocycles. The number of hydrogen-bond acceptors (Lipinski definition) is 4. The quantitative estimate of drug-likeness (QED) is 0.477. The molecule has 4 nitrogen and oxygen atoms in total. The molecule has 1 atom stereocenters. The average Bonchev–Trinajstić information content (AvgIpc) is 3.32. The maximum atomic E-state index is 9.58. The predicted octanol–water partition coefficient (Wildman–Crippen LogP) is 5.39. The fourth-order valence-corrected chi connectivity index (χ4v) is 5.50. The summed E-state index contributed by atoms with van der Waals surface area (Å²) in [7, 11) is 2.16. The highest BCUT2D eigenvalue weighted by Gasteiger charge is 2.24. The van der Waals surface area contributed by atoms with Crippen LogP contribution in [0.25, 0.3) is 22.0 Å². The first-order valence-electron chi connectivity index (χ1n) is 11.0. The van der Waals surface area contributed by atoms with Gasteiger partial charge in [-0.25, -0.2) is 4.31 Å². The minimum absolute atomic E-state index is 0.255. The zero-order valence-corrected chi connectivity index (χ0v) is 19.1. The normalized spacial score (nSPS) is 17.6. The van der Waals surface area contributed by atoms with Gasteiger partial charge < -0.3 is 10.1 Å². The third kappa shape index (κ3) is 5.09. The van der Waals surface area contributed by atoms with Gasteiger partial charge in [-0.05, 0) is 85.8 Å². The van der Waals surface area contributed by atoms with Gasteiger partial charge in [0.25, 0.3) is 0 Å². The molecule has 2 aromatic carbocycles.